The molecule has 1 atom stereocenters. The fourth-order valence-corrected chi connectivity index (χ4v) is 3.52. The van der Waals surface area contributed by atoms with Gasteiger partial charge >= 0.3 is 0 Å². The van der Waals surface area contributed by atoms with Gasteiger partial charge in [-0.2, -0.15) is 11.3 Å². The van der Waals surface area contributed by atoms with Crippen LogP contribution in [0.1, 0.15) is 23.2 Å². The lowest BCUT2D eigenvalue weighted by Gasteiger charge is -2.16. The first-order valence-corrected chi connectivity index (χ1v) is 8.79. The summed E-state index contributed by atoms with van der Waals surface area (Å²) in [6.07, 6.45) is 2.00. The molecule has 4 nitrogen and oxygen atoms in total. The van der Waals surface area contributed by atoms with Gasteiger partial charge in [0.1, 0.15) is 0 Å². The third kappa shape index (κ3) is 3.85. The number of ether oxygens (including phenoxy) is 2. The van der Waals surface area contributed by atoms with Crippen molar-refractivity contribution in [1.29, 1.82) is 0 Å². The summed E-state index contributed by atoms with van der Waals surface area (Å²) in [5.74, 6) is 2.19. The van der Waals surface area contributed by atoms with E-state index in [2.05, 4.69) is 0 Å². The first-order valence-electron chi connectivity index (χ1n) is 7.85. The summed E-state index contributed by atoms with van der Waals surface area (Å²) in [5, 5.41) is 3.86. The summed E-state index contributed by atoms with van der Waals surface area (Å²) >= 11 is 1.56. The number of rotatable bonds is 6. The Hall–Kier alpha value is -2.01. The Kier molecular flexibility index (Phi) is 5.18. The molecule has 1 unspecified atom stereocenters. The quantitative estimate of drug-likeness (QED) is 0.810. The summed E-state index contributed by atoms with van der Waals surface area (Å²) in [5.41, 5.74) is 0.806. The van der Waals surface area contributed by atoms with Gasteiger partial charge in [0, 0.05) is 18.5 Å². The second kappa shape index (κ2) is 7.51. The van der Waals surface area contributed by atoms with E-state index < -0.39 is 0 Å². The highest BCUT2D eigenvalue weighted by atomic mass is 32.1. The Morgan fingerprint density at radius 2 is 2.13 bits per heavy atom. The molecule has 2 heterocycles. The molecule has 0 bridgehead atoms. The van der Waals surface area contributed by atoms with Crippen LogP contribution in [0.5, 0.6) is 11.5 Å². The van der Waals surface area contributed by atoms with Gasteiger partial charge in [-0.3, -0.25) is 4.79 Å². The maximum absolute atomic E-state index is 12.3. The summed E-state index contributed by atoms with van der Waals surface area (Å²) in [4.78, 5) is 14.3. The smallest absolute Gasteiger partial charge is 0.254 e. The molecule has 3 rings (SSSR count). The van der Waals surface area contributed by atoms with Crippen molar-refractivity contribution in [3.05, 3.63) is 46.7 Å². The number of hydrogen-bond acceptors (Lipinski definition) is 4. The molecule has 2 aromatic rings. The predicted octanol–water partition coefficient (Wildman–Crippen LogP) is 3.69. The second-order valence-electron chi connectivity index (χ2n) is 5.71. The number of methoxy groups -OCH3 is 1. The van der Waals surface area contributed by atoms with E-state index in [0.29, 0.717) is 12.5 Å². The van der Waals surface area contributed by atoms with Gasteiger partial charge in [-0.05, 0) is 42.3 Å². The SMILES string of the molecule is COc1ccccc1OCCC1CCN(C(=O)c2ccsc2)C1. The van der Waals surface area contributed by atoms with E-state index in [1.165, 1.54) is 0 Å². The molecule has 23 heavy (non-hydrogen) atoms. The largest absolute Gasteiger partial charge is 0.493 e. The van der Waals surface area contributed by atoms with E-state index in [9.17, 15) is 4.79 Å². The monoisotopic (exact) mass is 331 g/mol. The highest BCUT2D eigenvalue weighted by Crippen LogP contribution is 2.27. The van der Waals surface area contributed by atoms with Crippen molar-refractivity contribution in [3.63, 3.8) is 0 Å². The molecule has 1 amide bonds. The van der Waals surface area contributed by atoms with Gasteiger partial charge in [0.2, 0.25) is 0 Å². The second-order valence-corrected chi connectivity index (χ2v) is 6.49. The molecule has 1 aromatic heterocycles. The summed E-state index contributed by atoms with van der Waals surface area (Å²) in [6, 6.07) is 9.57. The molecule has 0 spiro atoms. The van der Waals surface area contributed by atoms with E-state index in [1.807, 2.05) is 46.0 Å². The topological polar surface area (TPSA) is 38.8 Å². The average molecular weight is 331 g/mol. The molecular weight excluding hydrogens is 310 g/mol. The fraction of sp³-hybridized carbons (Fsp3) is 0.389. The van der Waals surface area contributed by atoms with E-state index in [-0.39, 0.29) is 5.91 Å². The Morgan fingerprint density at radius 3 is 2.87 bits per heavy atom. The lowest BCUT2D eigenvalue weighted by molar-refractivity contribution is 0.0786. The van der Waals surface area contributed by atoms with Gasteiger partial charge in [-0.25, -0.2) is 0 Å². The number of benzene rings is 1. The van der Waals surface area contributed by atoms with Gasteiger partial charge in [0.05, 0.1) is 19.3 Å². The van der Waals surface area contributed by atoms with Crippen LogP contribution in [0.3, 0.4) is 0 Å². The van der Waals surface area contributed by atoms with Crippen LogP contribution in [0.4, 0.5) is 0 Å². The van der Waals surface area contributed by atoms with Gasteiger partial charge in [-0.15, -0.1) is 0 Å². The maximum atomic E-state index is 12.3. The third-order valence-corrected chi connectivity index (χ3v) is 4.88. The summed E-state index contributed by atoms with van der Waals surface area (Å²) in [6.45, 7) is 2.31. The number of carbonyl (C=O) groups excluding carboxylic acids is 1. The number of nitrogens with zero attached hydrogens (tertiary/aromatic N) is 1. The fourth-order valence-electron chi connectivity index (χ4n) is 2.90. The molecule has 0 N–H and O–H groups in total. The lowest BCUT2D eigenvalue weighted by Crippen LogP contribution is -2.28. The minimum Gasteiger partial charge on any atom is -0.493 e. The molecule has 5 heteroatoms. The molecular formula is C18H21NO3S. The minimum absolute atomic E-state index is 0.152. The molecule has 1 aliphatic rings. The molecule has 0 aliphatic carbocycles. The number of amides is 1. The summed E-state index contributed by atoms with van der Waals surface area (Å²) < 4.78 is 11.1. The number of carbonyl (C=O) groups is 1. The Labute approximate surface area is 140 Å². The van der Waals surface area contributed by atoms with Crippen molar-refractivity contribution in [2.75, 3.05) is 26.8 Å². The van der Waals surface area contributed by atoms with Crippen molar-refractivity contribution in [2.24, 2.45) is 5.92 Å². The van der Waals surface area contributed by atoms with Gasteiger partial charge in [0.15, 0.2) is 11.5 Å². The third-order valence-electron chi connectivity index (χ3n) is 4.19. The van der Waals surface area contributed by atoms with Crippen LogP contribution in [0.15, 0.2) is 41.1 Å². The molecule has 1 aromatic carbocycles. The van der Waals surface area contributed by atoms with Crippen LogP contribution >= 0.6 is 11.3 Å². The molecule has 1 aliphatic heterocycles. The van der Waals surface area contributed by atoms with Crippen LogP contribution < -0.4 is 9.47 Å². The maximum Gasteiger partial charge on any atom is 0.254 e. The molecule has 122 valence electrons. The zero-order chi connectivity index (χ0) is 16.1. The van der Waals surface area contributed by atoms with E-state index in [1.54, 1.807) is 18.4 Å². The minimum atomic E-state index is 0.152. The number of para-hydroxylation sites is 2. The van der Waals surface area contributed by atoms with Crippen LogP contribution in [-0.4, -0.2) is 37.6 Å². The first-order chi connectivity index (χ1) is 11.3. The molecule has 1 saturated heterocycles. The van der Waals surface area contributed by atoms with Crippen molar-refractivity contribution in [1.82, 2.24) is 4.90 Å². The highest BCUT2D eigenvalue weighted by Gasteiger charge is 2.27. The van der Waals surface area contributed by atoms with Crippen molar-refractivity contribution >= 4 is 17.2 Å². The van der Waals surface area contributed by atoms with Crippen molar-refractivity contribution in [3.8, 4) is 11.5 Å². The van der Waals surface area contributed by atoms with Gasteiger partial charge < -0.3 is 14.4 Å². The highest BCUT2D eigenvalue weighted by molar-refractivity contribution is 7.08. The lowest BCUT2D eigenvalue weighted by atomic mass is 10.1. The Balaban J connectivity index is 1.46. The average Bonchev–Trinajstić information content (AvgIpc) is 3.26. The van der Waals surface area contributed by atoms with Gasteiger partial charge in [0.25, 0.3) is 5.91 Å². The van der Waals surface area contributed by atoms with Crippen LogP contribution in [0, 0.1) is 5.92 Å². The van der Waals surface area contributed by atoms with E-state index in [0.717, 1.165) is 43.0 Å². The predicted molar refractivity (Wildman–Crippen MR) is 91.4 cm³/mol. The normalized spacial score (nSPS) is 17.3. The van der Waals surface area contributed by atoms with Crippen LogP contribution in [0.25, 0.3) is 0 Å². The molecule has 0 radical (unpaired) electrons. The molecule has 1 fully saturated rings. The first kappa shape index (κ1) is 15.9. The van der Waals surface area contributed by atoms with E-state index in [4.69, 9.17) is 9.47 Å². The number of hydrogen-bond donors (Lipinski definition) is 0. The molecule has 0 saturated carbocycles. The van der Waals surface area contributed by atoms with E-state index >= 15 is 0 Å². The number of likely N-dealkylation sites (tertiary alicyclic amines) is 1. The van der Waals surface area contributed by atoms with Crippen LogP contribution in [-0.2, 0) is 0 Å². The van der Waals surface area contributed by atoms with Crippen molar-refractivity contribution in [2.45, 2.75) is 12.8 Å². The van der Waals surface area contributed by atoms with Gasteiger partial charge in [-0.1, -0.05) is 12.1 Å². The standard InChI is InChI=1S/C18H21NO3S/c1-21-16-4-2-3-5-17(16)22-10-7-14-6-9-19(12-14)18(20)15-8-11-23-13-15/h2-5,8,11,13-14H,6-7,9-10,12H2,1H3. The summed E-state index contributed by atoms with van der Waals surface area (Å²) in [7, 11) is 1.65. The number of thiophene rings is 1. The zero-order valence-electron chi connectivity index (χ0n) is 13.2. The van der Waals surface area contributed by atoms with Crippen molar-refractivity contribution < 1.29 is 14.3 Å². The van der Waals surface area contributed by atoms with Crippen LogP contribution in [0.2, 0.25) is 0 Å². The Bertz CT molecular complexity index is 641. The Morgan fingerprint density at radius 1 is 1.30 bits per heavy atom. The zero-order valence-corrected chi connectivity index (χ0v) is 14.1.